The van der Waals surface area contributed by atoms with E-state index in [2.05, 4.69) is 21.2 Å². The summed E-state index contributed by atoms with van der Waals surface area (Å²) in [5.74, 6) is -1.97. The van der Waals surface area contributed by atoms with Crippen molar-refractivity contribution in [2.24, 2.45) is 11.7 Å². The van der Waals surface area contributed by atoms with E-state index < -0.39 is 11.6 Å². The molecule has 0 saturated heterocycles. The molecule has 3 N–H and O–H groups in total. The maximum absolute atomic E-state index is 13.7. The first-order chi connectivity index (χ1) is 9.49. The Bertz CT molecular complexity index is 510. The highest BCUT2D eigenvalue weighted by molar-refractivity contribution is 9.10. The minimum absolute atomic E-state index is 0.0270. The fourth-order valence-corrected chi connectivity index (χ4v) is 2.82. The Balaban J connectivity index is 2.12. The number of hydrogen-bond acceptors (Lipinski definition) is 2. The van der Waals surface area contributed by atoms with E-state index in [0.717, 1.165) is 37.8 Å². The second-order valence-corrected chi connectivity index (χ2v) is 6.00. The van der Waals surface area contributed by atoms with Crippen molar-refractivity contribution in [2.75, 3.05) is 5.32 Å². The first kappa shape index (κ1) is 15.4. The third kappa shape index (κ3) is 3.55. The zero-order valence-corrected chi connectivity index (χ0v) is 12.6. The molecule has 0 aromatic heterocycles. The van der Waals surface area contributed by atoms with Crippen LogP contribution in [0.2, 0.25) is 0 Å². The fourth-order valence-electron chi connectivity index (χ4n) is 2.51. The summed E-state index contributed by atoms with van der Waals surface area (Å²) in [5.41, 5.74) is 5.84. The number of hydrogen-bond donors (Lipinski definition) is 2. The molecule has 110 valence electrons. The van der Waals surface area contributed by atoms with Gasteiger partial charge in [-0.2, -0.15) is 0 Å². The summed E-state index contributed by atoms with van der Waals surface area (Å²) in [7, 11) is 0. The smallest absolute Gasteiger partial charge is 0.229 e. The maximum Gasteiger partial charge on any atom is 0.229 e. The van der Waals surface area contributed by atoms with Gasteiger partial charge in [0.2, 0.25) is 5.91 Å². The number of amides is 1. The molecule has 0 spiro atoms. The van der Waals surface area contributed by atoms with Crippen LogP contribution in [0.25, 0.3) is 0 Å². The molecule has 0 aliphatic heterocycles. The van der Waals surface area contributed by atoms with Crippen molar-refractivity contribution in [1.29, 1.82) is 0 Å². The average molecular weight is 347 g/mol. The number of anilines is 1. The molecule has 0 radical (unpaired) electrons. The van der Waals surface area contributed by atoms with E-state index in [1.807, 2.05) is 0 Å². The Kier molecular flexibility index (Phi) is 5.10. The minimum Gasteiger partial charge on any atom is -0.327 e. The molecule has 1 amide bonds. The molecule has 0 bridgehead atoms. The average Bonchev–Trinajstić information content (AvgIpc) is 2.60. The highest BCUT2D eigenvalue weighted by Crippen LogP contribution is 2.26. The highest BCUT2D eigenvalue weighted by atomic mass is 79.9. The minimum atomic E-state index is -0.672. The van der Waals surface area contributed by atoms with Crippen molar-refractivity contribution in [2.45, 2.75) is 38.1 Å². The largest absolute Gasteiger partial charge is 0.327 e. The molecule has 1 fully saturated rings. The maximum atomic E-state index is 13.7. The van der Waals surface area contributed by atoms with E-state index in [0.29, 0.717) is 6.42 Å². The van der Waals surface area contributed by atoms with Crippen molar-refractivity contribution in [3.05, 3.63) is 28.2 Å². The molecular weight excluding hydrogens is 330 g/mol. The summed E-state index contributed by atoms with van der Waals surface area (Å²) >= 11 is 2.90. The molecule has 1 saturated carbocycles. The summed E-state index contributed by atoms with van der Waals surface area (Å²) in [6, 6.07) is 1.75. The van der Waals surface area contributed by atoms with Crippen molar-refractivity contribution < 1.29 is 13.6 Å². The Hall–Kier alpha value is -1.01. The monoisotopic (exact) mass is 346 g/mol. The molecule has 1 aromatic rings. The standard InChI is InChI=1S/C14H17BrF2N2O/c15-9-6-11(17)13(7-10(9)16)19-14(20)8-4-2-1-3-5-12(8)18/h6-8,12H,1-5,18H2,(H,19,20). The molecule has 20 heavy (non-hydrogen) atoms. The highest BCUT2D eigenvalue weighted by Gasteiger charge is 2.27. The summed E-state index contributed by atoms with van der Waals surface area (Å²) in [6.45, 7) is 0. The molecular formula is C14H17BrF2N2O. The molecule has 1 aliphatic rings. The van der Waals surface area contributed by atoms with Crippen LogP contribution in [0.1, 0.15) is 32.1 Å². The van der Waals surface area contributed by atoms with Gasteiger partial charge < -0.3 is 11.1 Å². The van der Waals surface area contributed by atoms with Gasteiger partial charge in [0.05, 0.1) is 16.1 Å². The van der Waals surface area contributed by atoms with Crippen molar-refractivity contribution in [3.63, 3.8) is 0 Å². The van der Waals surface area contributed by atoms with E-state index in [1.165, 1.54) is 0 Å². The molecule has 1 aliphatic carbocycles. The van der Waals surface area contributed by atoms with E-state index in [9.17, 15) is 13.6 Å². The lowest BCUT2D eigenvalue weighted by molar-refractivity contribution is -0.120. The van der Waals surface area contributed by atoms with Crippen LogP contribution < -0.4 is 11.1 Å². The van der Waals surface area contributed by atoms with Crippen LogP contribution in [0.15, 0.2) is 16.6 Å². The van der Waals surface area contributed by atoms with Crippen molar-refractivity contribution in [3.8, 4) is 0 Å². The summed E-state index contributed by atoms with van der Waals surface area (Å²) in [4.78, 5) is 12.2. The predicted molar refractivity (Wildman–Crippen MR) is 77.2 cm³/mol. The van der Waals surface area contributed by atoms with E-state index in [-0.39, 0.29) is 28.0 Å². The number of rotatable bonds is 2. The number of nitrogens with one attached hydrogen (secondary N) is 1. The van der Waals surface area contributed by atoms with Gasteiger partial charge in [-0.15, -0.1) is 0 Å². The molecule has 2 rings (SSSR count). The lowest BCUT2D eigenvalue weighted by atomic mass is 9.94. The fraction of sp³-hybridized carbons (Fsp3) is 0.500. The summed E-state index contributed by atoms with van der Waals surface area (Å²) < 4.78 is 27.1. The first-order valence-electron chi connectivity index (χ1n) is 6.70. The lowest BCUT2D eigenvalue weighted by Crippen LogP contribution is -2.38. The summed E-state index contributed by atoms with van der Waals surface area (Å²) in [5, 5.41) is 2.45. The molecule has 2 unspecified atom stereocenters. The molecule has 0 heterocycles. The van der Waals surface area contributed by atoms with Crippen molar-refractivity contribution in [1.82, 2.24) is 0 Å². The van der Waals surface area contributed by atoms with Gasteiger partial charge in [-0.3, -0.25) is 4.79 Å². The second kappa shape index (κ2) is 6.63. The number of carbonyl (C=O) groups excluding carboxylic acids is 1. The number of halogens is 3. The third-order valence-corrected chi connectivity index (χ3v) is 4.28. The van der Waals surface area contributed by atoms with Gasteiger partial charge in [0.15, 0.2) is 0 Å². The number of nitrogens with two attached hydrogens (primary N) is 1. The quantitative estimate of drug-likeness (QED) is 0.635. The topological polar surface area (TPSA) is 55.1 Å². The van der Waals surface area contributed by atoms with E-state index in [4.69, 9.17) is 5.73 Å². The number of carbonyl (C=O) groups is 1. The second-order valence-electron chi connectivity index (χ2n) is 5.14. The SMILES string of the molecule is NC1CCCCCC1C(=O)Nc1cc(F)c(Br)cc1F. The van der Waals surface area contributed by atoms with Gasteiger partial charge in [-0.1, -0.05) is 19.3 Å². The van der Waals surface area contributed by atoms with E-state index in [1.54, 1.807) is 0 Å². The summed E-state index contributed by atoms with van der Waals surface area (Å²) in [6.07, 6.45) is 4.47. The molecule has 6 heteroatoms. The van der Waals surface area contributed by atoms with Gasteiger partial charge in [0.1, 0.15) is 11.6 Å². The van der Waals surface area contributed by atoms with Crippen LogP contribution in [0, 0.1) is 17.6 Å². The van der Waals surface area contributed by atoms with Crippen LogP contribution in [0.5, 0.6) is 0 Å². The third-order valence-electron chi connectivity index (χ3n) is 3.67. The zero-order valence-electron chi connectivity index (χ0n) is 11.0. The normalized spacial score (nSPS) is 23.2. The van der Waals surface area contributed by atoms with Crippen LogP contribution in [0.4, 0.5) is 14.5 Å². The van der Waals surface area contributed by atoms with Crippen LogP contribution in [-0.4, -0.2) is 11.9 Å². The first-order valence-corrected chi connectivity index (χ1v) is 7.49. The van der Waals surface area contributed by atoms with Gasteiger partial charge in [0.25, 0.3) is 0 Å². The van der Waals surface area contributed by atoms with E-state index >= 15 is 0 Å². The zero-order chi connectivity index (χ0) is 14.7. The lowest BCUT2D eigenvalue weighted by Gasteiger charge is -2.20. The van der Waals surface area contributed by atoms with Crippen LogP contribution in [0.3, 0.4) is 0 Å². The molecule has 2 atom stereocenters. The van der Waals surface area contributed by atoms with Gasteiger partial charge in [0, 0.05) is 12.1 Å². The van der Waals surface area contributed by atoms with Gasteiger partial charge in [-0.05, 0) is 34.8 Å². The van der Waals surface area contributed by atoms with Crippen molar-refractivity contribution >= 4 is 27.5 Å². The van der Waals surface area contributed by atoms with Crippen LogP contribution in [-0.2, 0) is 4.79 Å². The Labute approximate surface area is 125 Å². The predicted octanol–water partition coefficient (Wildman–Crippen LogP) is 3.57. The Morgan fingerprint density at radius 1 is 1.20 bits per heavy atom. The van der Waals surface area contributed by atoms with Gasteiger partial charge >= 0.3 is 0 Å². The molecule has 3 nitrogen and oxygen atoms in total. The number of benzene rings is 1. The Morgan fingerprint density at radius 3 is 2.65 bits per heavy atom. The Morgan fingerprint density at radius 2 is 1.90 bits per heavy atom. The van der Waals surface area contributed by atoms with Gasteiger partial charge in [-0.25, -0.2) is 8.78 Å². The molecule has 1 aromatic carbocycles. The van der Waals surface area contributed by atoms with Crippen LogP contribution >= 0.6 is 15.9 Å².